The van der Waals surface area contributed by atoms with E-state index in [0.29, 0.717) is 22.4 Å². The first kappa shape index (κ1) is 11.7. The number of methoxy groups -OCH3 is 1. The van der Waals surface area contributed by atoms with Gasteiger partial charge in [0.15, 0.2) is 0 Å². The van der Waals surface area contributed by atoms with Crippen molar-refractivity contribution < 1.29 is 9.26 Å². The molecule has 3 aromatic rings. The van der Waals surface area contributed by atoms with E-state index in [9.17, 15) is 0 Å². The molecular formula is C12H9ClN4O2. The fraction of sp³-hybridized carbons (Fsp3) is 0.0833. The first-order valence-corrected chi connectivity index (χ1v) is 5.83. The summed E-state index contributed by atoms with van der Waals surface area (Å²) in [7, 11) is 1.51. The number of hydrogen-bond donors (Lipinski definition) is 1. The molecule has 0 aliphatic rings. The van der Waals surface area contributed by atoms with Crippen molar-refractivity contribution in [1.29, 1.82) is 0 Å². The molecule has 0 fully saturated rings. The Hall–Kier alpha value is -2.34. The van der Waals surface area contributed by atoms with Gasteiger partial charge in [0.1, 0.15) is 5.69 Å². The van der Waals surface area contributed by atoms with Gasteiger partial charge in [-0.3, -0.25) is 0 Å². The maximum atomic E-state index is 5.97. The molecule has 0 bridgehead atoms. The summed E-state index contributed by atoms with van der Waals surface area (Å²) in [5.41, 5.74) is 1.23. The molecule has 0 spiro atoms. The molecule has 3 heterocycles. The van der Waals surface area contributed by atoms with Crippen LogP contribution in [0.3, 0.4) is 0 Å². The third-order valence-corrected chi connectivity index (χ3v) is 2.68. The normalized spacial score (nSPS) is 10.6. The second-order valence-corrected chi connectivity index (χ2v) is 4.16. The number of rotatable bonds is 3. The molecule has 3 aromatic heterocycles. The van der Waals surface area contributed by atoms with Crippen LogP contribution in [0.1, 0.15) is 0 Å². The number of halogens is 1. The van der Waals surface area contributed by atoms with Gasteiger partial charge in [-0.2, -0.15) is 4.98 Å². The van der Waals surface area contributed by atoms with Crippen LogP contribution in [-0.4, -0.2) is 27.2 Å². The zero-order valence-corrected chi connectivity index (χ0v) is 10.7. The lowest BCUT2D eigenvalue weighted by atomic mass is 10.3. The third kappa shape index (κ3) is 2.30. The van der Waals surface area contributed by atoms with Crippen molar-refractivity contribution in [3.8, 4) is 29.0 Å². The van der Waals surface area contributed by atoms with Gasteiger partial charge in [0.05, 0.1) is 12.8 Å². The molecule has 0 saturated carbocycles. The van der Waals surface area contributed by atoms with Crippen LogP contribution >= 0.6 is 11.6 Å². The monoisotopic (exact) mass is 276 g/mol. The minimum atomic E-state index is 0.283. The van der Waals surface area contributed by atoms with Gasteiger partial charge in [-0.15, -0.1) is 0 Å². The van der Waals surface area contributed by atoms with Gasteiger partial charge in [-0.25, -0.2) is 4.98 Å². The van der Waals surface area contributed by atoms with Gasteiger partial charge in [0, 0.05) is 17.3 Å². The maximum absolute atomic E-state index is 5.97. The standard InChI is InChI=1S/C12H9ClN4O2/c1-18-10-6-7(13)5-9(15-10)12-16-11(17-19-12)8-3-2-4-14-8/h2-6,14H,1H3. The van der Waals surface area contributed by atoms with E-state index in [0.717, 1.165) is 5.69 Å². The summed E-state index contributed by atoms with van der Waals surface area (Å²) in [4.78, 5) is 11.5. The first-order valence-electron chi connectivity index (χ1n) is 5.45. The molecule has 0 saturated heterocycles. The molecule has 0 atom stereocenters. The van der Waals surface area contributed by atoms with Crippen LogP contribution in [0.5, 0.6) is 5.88 Å². The summed E-state index contributed by atoms with van der Waals surface area (Å²) in [5.74, 6) is 1.13. The average Bonchev–Trinajstić information content (AvgIpc) is 3.08. The Morgan fingerprint density at radius 2 is 2.21 bits per heavy atom. The lowest BCUT2D eigenvalue weighted by Crippen LogP contribution is -1.90. The van der Waals surface area contributed by atoms with Crippen LogP contribution in [0, 0.1) is 0 Å². The van der Waals surface area contributed by atoms with E-state index in [2.05, 4.69) is 20.1 Å². The third-order valence-electron chi connectivity index (χ3n) is 2.46. The number of H-pyrrole nitrogens is 1. The zero-order chi connectivity index (χ0) is 13.2. The largest absolute Gasteiger partial charge is 0.481 e. The fourth-order valence-electron chi connectivity index (χ4n) is 1.59. The number of nitrogens with one attached hydrogen (secondary N) is 1. The Labute approximate surface area is 113 Å². The second-order valence-electron chi connectivity index (χ2n) is 3.72. The van der Waals surface area contributed by atoms with Crippen molar-refractivity contribution in [2.75, 3.05) is 7.11 Å². The number of hydrogen-bond acceptors (Lipinski definition) is 5. The molecular weight excluding hydrogens is 268 g/mol. The summed E-state index contributed by atoms with van der Waals surface area (Å²) in [6, 6.07) is 6.94. The molecule has 1 N–H and O–H groups in total. The van der Waals surface area contributed by atoms with Crippen molar-refractivity contribution in [3.63, 3.8) is 0 Å². The van der Waals surface area contributed by atoms with Gasteiger partial charge in [-0.1, -0.05) is 16.8 Å². The number of aromatic nitrogens is 4. The molecule has 3 rings (SSSR count). The van der Waals surface area contributed by atoms with Gasteiger partial charge in [-0.05, 0) is 18.2 Å². The van der Waals surface area contributed by atoms with E-state index < -0.39 is 0 Å². The van der Waals surface area contributed by atoms with Gasteiger partial charge in [0.2, 0.25) is 11.7 Å². The van der Waals surface area contributed by atoms with Crippen LogP contribution in [0.15, 0.2) is 35.0 Å². The first-order chi connectivity index (χ1) is 9.26. The average molecular weight is 277 g/mol. The predicted octanol–water partition coefficient (Wildman–Crippen LogP) is 2.79. The molecule has 0 aliphatic carbocycles. The molecule has 96 valence electrons. The van der Waals surface area contributed by atoms with Crippen molar-refractivity contribution in [1.82, 2.24) is 20.1 Å². The summed E-state index contributed by atoms with van der Waals surface area (Å²) in [6.07, 6.45) is 1.78. The van der Waals surface area contributed by atoms with Crippen LogP contribution in [0.2, 0.25) is 5.02 Å². The van der Waals surface area contributed by atoms with Crippen LogP contribution < -0.4 is 4.74 Å². The van der Waals surface area contributed by atoms with Crippen molar-refractivity contribution in [3.05, 3.63) is 35.5 Å². The second kappa shape index (κ2) is 4.74. The van der Waals surface area contributed by atoms with E-state index in [-0.39, 0.29) is 5.89 Å². The molecule has 19 heavy (non-hydrogen) atoms. The molecule has 0 aliphatic heterocycles. The smallest absolute Gasteiger partial charge is 0.277 e. The summed E-state index contributed by atoms with van der Waals surface area (Å²) >= 11 is 5.97. The van der Waals surface area contributed by atoms with Crippen LogP contribution in [0.4, 0.5) is 0 Å². The lowest BCUT2D eigenvalue weighted by Gasteiger charge is -2.00. The number of nitrogens with zero attached hydrogens (tertiary/aromatic N) is 3. The van der Waals surface area contributed by atoms with Crippen molar-refractivity contribution >= 4 is 11.6 Å². The van der Waals surface area contributed by atoms with Crippen LogP contribution in [-0.2, 0) is 0 Å². The van der Waals surface area contributed by atoms with Crippen LogP contribution in [0.25, 0.3) is 23.1 Å². The lowest BCUT2D eigenvalue weighted by molar-refractivity contribution is 0.395. The predicted molar refractivity (Wildman–Crippen MR) is 68.9 cm³/mol. The Balaban J connectivity index is 2.01. The molecule has 0 amide bonds. The number of aromatic amines is 1. The number of ether oxygens (including phenoxy) is 1. The minimum Gasteiger partial charge on any atom is -0.481 e. The summed E-state index contributed by atoms with van der Waals surface area (Å²) < 4.78 is 10.2. The molecule has 6 nitrogen and oxygen atoms in total. The van der Waals surface area contributed by atoms with Crippen molar-refractivity contribution in [2.45, 2.75) is 0 Å². The van der Waals surface area contributed by atoms with Gasteiger partial charge >= 0.3 is 0 Å². The fourth-order valence-corrected chi connectivity index (χ4v) is 1.79. The minimum absolute atomic E-state index is 0.283. The Kier molecular flexibility index (Phi) is 2.92. The van der Waals surface area contributed by atoms with Crippen molar-refractivity contribution in [2.24, 2.45) is 0 Å². The Bertz CT molecular complexity index is 694. The maximum Gasteiger partial charge on any atom is 0.277 e. The highest BCUT2D eigenvalue weighted by molar-refractivity contribution is 6.30. The topological polar surface area (TPSA) is 76.8 Å². The zero-order valence-electron chi connectivity index (χ0n) is 9.92. The molecule has 7 heteroatoms. The SMILES string of the molecule is COc1cc(Cl)cc(-c2nc(-c3ccc[nH]3)no2)n1. The van der Waals surface area contributed by atoms with E-state index in [4.69, 9.17) is 20.9 Å². The highest BCUT2D eigenvalue weighted by Gasteiger charge is 2.13. The summed E-state index contributed by atoms with van der Waals surface area (Å²) in [6.45, 7) is 0. The quantitative estimate of drug-likeness (QED) is 0.796. The number of pyridine rings is 1. The van der Waals surface area contributed by atoms with Gasteiger partial charge < -0.3 is 14.2 Å². The van der Waals surface area contributed by atoms with E-state index >= 15 is 0 Å². The Morgan fingerprint density at radius 3 is 2.95 bits per heavy atom. The van der Waals surface area contributed by atoms with E-state index in [1.807, 2.05) is 12.1 Å². The van der Waals surface area contributed by atoms with Gasteiger partial charge in [0.25, 0.3) is 5.89 Å². The Morgan fingerprint density at radius 1 is 1.32 bits per heavy atom. The molecule has 0 unspecified atom stereocenters. The molecule has 0 radical (unpaired) electrons. The highest BCUT2D eigenvalue weighted by Crippen LogP contribution is 2.25. The van der Waals surface area contributed by atoms with E-state index in [1.165, 1.54) is 7.11 Å². The highest BCUT2D eigenvalue weighted by atomic mass is 35.5. The summed E-state index contributed by atoms with van der Waals surface area (Å²) in [5, 5.41) is 4.37. The molecule has 0 aromatic carbocycles. The van der Waals surface area contributed by atoms with E-state index in [1.54, 1.807) is 18.3 Å².